The largest absolute Gasteiger partial charge is 0.347 e. The number of rotatable bonds is 4. The average molecular weight is 425 g/mol. The Bertz CT molecular complexity index is 237. The van der Waals surface area contributed by atoms with Crippen molar-refractivity contribution in [1.82, 2.24) is 0 Å². The zero-order valence-electron chi connectivity index (χ0n) is 25.4. The van der Waals surface area contributed by atoms with Crippen LogP contribution in [0.5, 0.6) is 0 Å². The summed E-state index contributed by atoms with van der Waals surface area (Å²) >= 11 is 0. The van der Waals surface area contributed by atoms with E-state index in [-0.39, 0.29) is 0 Å². The second kappa shape index (κ2) is 38.2. The molecule has 0 amide bonds. The second-order valence-corrected chi connectivity index (χ2v) is 7.68. The molecule has 0 saturated carbocycles. The Morgan fingerprint density at radius 3 is 0.793 bits per heavy atom. The molecule has 0 spiro atoms. The van der Waals surface area contributed by atoms with Gasteiger partial charge in [0.25, 0.3) is 0 Å². The van der Waals surface area contributed by atoms with Gasteiger partial charge in [-0.05, 0) is 55.4 Å². The first kappa shape index (κ1) is 46.7. The second-order valence-electron chi connectivity index (χ2n) is 7.68. The van der Waals surface area contributed by atoms with Gasteiger partial charge < -0.3 is 9.80 Å². The van der Waals surface area contributed by atoms with Crippen molar-refractivity contribution in [2.24, 2.45) is 0 Å². The fraction of sp³-hybridized carbons (Fsp3) is 0.962. The van der Waals surface area contributed by atoms with E-state index in [1.807, 2.05) is 55.4 Å². The first-order chi connectivity index (χ1) is 13.3. The van der Waals surface area contributed by atoms with E-state index < -0.39 is 0 Å². The van der Waals surface area contributed by atoms with Gasteiger partial charge >= 0.3 is 0 Å². The van der Waals surface area contributed by atoms with Gasteiger partial charge in [-0.25, -0.2) is 4.58 Å². The molecule has 3 heteroatoms. The van der Waals surface area contributed by atoms with E-state index in [1.54, 1.807) is 0 Å². The normalized spacial score (nSPS) is 8.86. The molecule has 29 heavy (non-hydrogen) atoms. The minimum atomic E-state index is 0.634. The van der Waals surface area contributed by atoms with E-state index in [4.69, 9.17) is 0 Å². The van der Waals surface area contributed by atoms with Crippen LogP contribution in [0.1, 0.15) is 118 Å². The van der Waals surface area contributed by atoms with E-state index >= 15 is 0 Å². The van der Waals surface area contributed by atoms with Crippen molar-refractivity contribution < 1.29 is 14.4 Å². The lowest BCUT2D eigenvalue weighted by molar-refractivity contribution is -0.891. The summed E-state index contributed by atoms with van der Waals surface area (Å²) in [7, 11) is 8.67. The third kappa shape index (κ3) is 58.4. The Morgan fingerprint density at radius 1 is 0.621 bits per heavy atom. The van der Waals surface area contributed by atoms with E-state index in [0.29, 0.717) is 12.1 Å². The van der Waals surface area contributed by atoms with Crippen LogP contribution in [0.3, 0.4) is 0 Å². The Balaban J connectivity index is -0.0000000435. The van der Waals surface area contributed by atoms with E-state index in [9.17, 15) is 0 Å². The van der Waals surface area contributed by atoms with Crippen LogP contribution in [0.25, 0.3) is 0 Å². The Kier molecular flexibility index (Phi) is 61.5. The molecule has 0 unspecified atom stereocenters. The maximum atomic E-state index is 2.33. The molecule has 0 aliphatic heterocycles. The van der Waals surface area contributed by atoms with E-state index in [2.05, 4.69) is 107 Å². The molecule has 0 bridgehead atoms. The van der Waals surface area contributed by atoms with Crippen LogP contribution in [0, 0.1) is 0 Å². The molecule has 0 rings (SSSR count). The molecule has 2 N–H and O–H groups in total. The standard InChI is InChI=1S/C8H18N.C6H16N.C4H11N.4C2H6/c1-6-9(7(2)3)8(4)5;1-6(2)7(3,4)5;1-4(2)5-3;4*1-2/h6-8H,1-5H3;6H,1-5H3;4-5H,1-3H3;4*1-2H3/q2*+1;;;;;/p+1. The molecule has 0 aromatic carbocycles. The minimum Gasteiger partial charge on any atom is -0.347 e. The zero-order chi connectivity index (χ0) is 25.8. The summed E-state index contributed by atoms with van der Waals surface area (Å²) in [5, 5.41) is 2.17. The number of hydrogen-bond acceptors (Lipinski definition) is 0. The molecule has 0 aliphatic carbocycles. The highest BCUT2D eigenvalue weighted by molar-refractivity contribution is 5.46. The third-order valence-electron chi connectivity index (χ3n) is 3.71. The van der Waals surface area contributed by atoms with Crippen molar-refractivity contribution >= 4 is 6.21 Å². The first-order valence-corrected chi connectivity index (χ1v) is 12.5. The van der Waals surface area contributed by atoms with Crippen molar-refractivity contribution in [3.05, 3.63) is 0 Å². The molecular weight excluding hydrogens is 354 g/mol. The van der Waals surface area contributed by atoms with Crippen molar-refractivity contribution in [2.45, 2.75) is 142 Å². The van der Waals surface area contributed by atoms with Gasteiger partial charge in [-0.2, -0.15) is 0 Å². The van der Waals surface area contributed by atoms with Gasteiger partial charge in [0, 0.05) is 6.92 Å². The van der Waals surface area contributed by atoms with Crippen LogP contribution in [0.4, 0.5) is 0 Å². The van der Waals surface area contributed by atoms with Gasteiger partial charge in [0.15, 0.2) is 0 Å². The minimum absolute atomic E-state index is 0.634. The lowest BCUT2D eigenvalue weighted by Crippen LogP contribution is -2.84. The van der Waals surface area contributed by atoms with Crippen LogP contribution in [-0.2, 0) is 0 Å². The summed E-state index contributed by atoms with van der Waals surface area (Å²) in [6.07, 6.45) is 2.15. The summed E-state index contributed by atoms with van der Waals surface area (Å²) in [6.45, 7) is 35.7. The highest BCUT2D eigenvalue weighted by Crippen LogP contribution is 1.97. The number of quaternary nitrogens is 2. The smallest absolute Gasteiger partial charge is 0.147 e. The highest BCUT2D eigenvalue weighted by Gasteiger charge is 2.11. The van der Waals surface area contributed by atoms with Crippen LogP contribution < -0.4 is 5.32 Å². The summed E-state index contributed by atoms with van der Waals surface area (Å²) in [4.78, 5) is 0. The molecule has 0 radical (unpaired) electrons. The van der Waals surface area contributed by atoms with Crippen LogP contribution >= 0.6 is 0 Å². The average Bonchev–Trinajstić information content (AvgIpc) is 2.68. The zero-order valence-corrected chi connectivity index (χ0v) is 25.4. The van der Waals surface area contributed by atoms with Gasteiger partial charge in [-0.1, -0.05) is 55.4 Å². The van der Waals surface area contributed by atoms with Gasteiger partial charge in [-0.3, -0.25) is 0 Å². The third-order valence-corrected chi connectivity index (χ3v) is 3.71. The topological polar surface area (TPSA) is 19.6 Å². The molecule has 0 aromatic heterocycles. The predicted octanol–water partition coefficient (Wildman–Crippen LogP) is 6.70. The van der Waals surface area contributed by atoms with Gasteiger partial charge in [0.1, 0.15) is 18.3 Å². The molecule has 0 saturated heterocycles. The molecule has 3 nitrogen and oxygen atoms in total. The summed E-state index contributed by atoms with van der Waals surface area (Å²) < 4.78 is 3.39. The van der Waals surface area contributed by atoms with Crippen molar-refractivity contribution in [1.29, 1.82) is 0 Å². The van der Waals surface area contributed by atoms with Crippen LogP contribution in [-0.4, -0.2) is 67.6 Å². The first-order valence-electron chi connectivity index (χ1n) is 12.5. The maximum absolute atomic E-state index is 2.33. The molecule has 0 atom stereocenters. The Morgan fingerprint density at radius 2 is 0.793 bits per heavy atom. The van der Waals surface area contributed by atoms with Gasteiger partial charge in [0.05, 0.1) is 40.3 Å². The van der Waals surface area contributed by atoms with E-state index in [1.165, 1.54) is 0 Å². The molecule has 0 aromatic rings. The van der Waals surface area contributed by atoms with Crippen molar-refractivity contribution in [2.75, 3.05) is 28.2 Å². The lowest BCUT2D eigenvalue weighted by atomic mass is 10.3. The molecule has 0 fully saturated rings. The highest BCUT2D eigenvalue weighted by atomic mass is 15.3. The Labute approximate surface area is 191 Å². The maximum Gasteiger partial charge on any atom is 0.147 e. The van der Waals surface area contributed by atoms with Crippen LogP contribution in [0.15, 0.2) is 0 Å². The summed E-state index contributed by atoms with van der Waals surface area (Å²) in [5.74, 6) is 0. The van der Waals surface area contributed by atoms with Crippen molar-refractivity contribution in [3.8, 4) is 0 Å². The number of nitrogens with zero attached hydrogens (tertiary/aromatic N) is 2. The predicted molar refractivity (Wildman–Crippen MR) is 144 cm³/mol. The van der Waals surface area contributed by atoms with Crippen LogP contribution in [0.2, 0.25) is 0 Å². The monoisotopic (exact) mass is 425 g/mol. The SMILES string of the molecule is CC.CC.CC.CC.CC(C)[N+](C)(C)C.CC=[N+](C(C)C)C(C)C.C[NH2+]C(C)C. The quantitative estimate of drug-likeness (QED) is 0.294. The molecule has 0 heterocycles. The van der Waals surface area contributed by atoms with E-state index in [0.717, 1.165) is 16.6 Å². The van der Waals surface area contributed by atoms with Crippen molar-refractivity contribution in [3.63, 3.8) is 0 Å². The van der Waals surface area contributed by atoms with Gasteiger partial charge in [-0.15, -0.1) is 0 Å². The molecular formula is C26H70N3+3. The molecule has 186 valence electrons. The number of hydrogen-bond donors (Lipinski definition) is 1. The number of nitrogens with two attached hydrogens (primary N) is 1. The Hall–Kier alpha value is -0.410. The fourth-order valence-corrected chi connectivity index (χ4v) is 1.19. The van der Waals surface area contributed by atoms with Gasteiger partial charge in [0.2, 0.25) is 0 Å². The molecule has 0 aliphatic rings. The lowest BCUT2D eigenvalue weighted by Gasteiger charge is -2.28. The fourth-order valence-electron chi connectivity index (χ4n) is 1.19. The summed E-state index contributed by atoms with van der Waals surface area (Å²) in [5.41, 5.74) is 0. The summed E-state index contributed by atoms with van der Waals surface area (Å²) in [6, 6.07) is 2.76.